The lowest BCUT2D eigenvalue weighted by molar-refractivity contribution is 0.616. The van der Waals surface area contributed by atoms with Crippen LogP contribution in [0.1, 0.15) is 5.69 Å². The first-order valence-corrected chi connectivity index (χ1v) is 4.53. The summed E-state index contributed by atoms with van der Waals surface area (Å²) in [4.78, 5) is 7.21. The molecule has 2 N–H and O–H groups in total. The van der Waals surface area contributed by atoms with Gasteiger partial charge in [0.25, 0.3) is 0 Å². The monoisotopic (exact) mass is 227 g/mol. The van der Waals surface area contributed by atoms with Crippen LogP contribution in [0.4, 0.5) is 10.2 Å². The summed E-state index contributed by atoms with van der Waals surface area (Å²) >= 11 is 5.53. The van der Waals surface area contributed by atoms with E-state index >= 15 is 0 Å². The summed E-state index contributed by atoms with van der Waals surface area (Å²) in [5.74, 6) is -0.469. The maximum atomic E-state index is 13.1. The van der Waals surface area contributed by atoms with Crippen LogP contribution in [-0.2, 0) is 6.54 Å². The Morgan fingerprint density at radius 1 is 1.53 bits per heavy atom. The first kappa shape index (κ1) is 9.85. The molecule has 0 amide bonds. The molecule has 0 atom stereocenters. The molecule has 2 rings (SSSR count). The lowest BCUT2D eigenvalue weighted by Crippen LogP contribution is -2.04. The maximum absolute atomic E-state index is 13.1. The topological polar surface area (TPSA) is 66.5 Å². The highest BCUT2D eigenvalue weighted by atomic mass is 35.5. The second kappa shape index (κ2) is 4.22. The smallest absolute Gasteiger partial charge is 0.224 e. The number of aromatic amines is 1. The van der Waals surface area contributed by atoms with Crippen LogP contribution in [0.2, 0.25) is 5.28 Å². The van der Waals surface area contributed by atoms with Gasteiger partial charge in [-0.3, -0.25) is 5.10 Å². The average Bonchev–Trinajstić information content (AvgIpc) is 2.72. The summed E-state index contributed by atoms with van der Waals surface area (Å²) < 4.78 is 13.1. The van der Waals surface area contributed by atoms with Crippen molar-refractivity contribution in [2.75, 3.05) is 5.32 Å². The Labute approximate surface area is 89.7 Å². The Bertz CT molecular complexity index is 444. The third kappa shape index (κ3) is 2.41. The fourth-order valence-corrected chi connectivity index (χ4v) is 1.16. The van der Waals surface area contributed by atoms with Gasteiger partial charge in [-0.15, -0.1) is 0 Å². The van der Waals surface area contributed by atoms with E-state index in [1.165, 1.54) is 0 Å². The molecule has 0 spiro atoms. The number of rotatable bonds is 3. The van der Waals surface area contributed by atoms with Crippen LogP contribution in [0.25, 0.3) is 0 Å². The van der Waals surface area contributed by atoms with Gasteiger partial charge in [0.1, 0.15) is 0 Å². The van der Waals surface area contributed by atoms with Gasteiger partial charge < -0.3 is 5.32 Å². The molecule has 0 aliphatic rings. The van der Waals surface area contributed by atoms with Gasteiger partial charge in [-0.2, -0.15) is 10.1 Å². The summed E-state index contributed by atoms with van der Waals surface area (Å²) in [5, 5.41) is 9.26. The molecule has 0 aromatic carbocycles. The highest BCUT2D eigenvalue weighted by Gasteiger charge is 2.05. The summed E-state index contributed by atoms with van der Waals surface area (Å²) in [5.41, 5.74) is 0.823. The van der Waals surface area contributed by atoms with Crippen LogP contribution < -0.4 is 5.32 Å². The van der Waals surface area contributed by atoms with Crippen LogP contribution in [-0.4, -0.2) is 20.2 Å². The number of nitrogens with zero attached hydrogens (tertiary/aromatic N) is 3. The zero-order valence-corrected chi connectivity index (χ0v) is 8.29. The van der Waals surface area contributed by atoms with E-state index in [9.17, 15) is 4.39 Å². The molecule has 7 heteroatoms. The Hall–Kier alpha value is -1.69. The number of hydrogen-bond acceptors (Lipinski definition) is 4. The SMILES string of the molecule is Fc1cnc(Cl)nc1NCc1ccn[nH]1. The van der Waals surface area contributed by atoms with Crippen LogP contribution in [0, 0.1) is 5.82 Å². The molecular weight excluding hydrogens is 221 g/mol. The molecule has 0 aliphatic heterocycles. The number of nitrogens with one attached hydrogen (secondary N) is 2. The van der Waals surface area contributed by atoms with Crippen molar-refractivity contribution in [3.05, 3.63) is 35.3 Å². The average molecular weight is 228 g/mol. The first-order valence-electron chi connectivity index (χ1n) is 4.16. The molecule has 15 heavy (non-hydrogen) atoms. The van der Waals surface area contributed by atoms with Crippen molar-refractivity contribution in [1.82, 2.24) is 20.2 Å². The lowest BCUT2D eigenvalue weighted by atomic mass is 10.4. The van der Waals surface area contributed by atoms with Gasteiger partial charge in [0, 0.05) is 6.20 Å². The van der Waals surface area contributed by atoms with Gasteiger partial charge in [0.15, 0.2) is 11.6 Å². The molecule has 2 aromatic heterocycles. The van der Waals surface area contributed by atoms with E-state index in [2.05, 4.69) is 25.5 Å². The molecule has 0 aliphatic carbocycles. The number of halogens is 2. The quantitative estimate of drug-likeness (QED) is 0.782. The number of anilines is 1. The Morgan fingerprint density at radius 3 is 3.13 bits per heavy atom. The van der Waals surface area contributed by atoms with Crippen molar-refractivity contribution in [1.29, 1.82) is 0 Å². The molecule has 5 nitrogen and oxygen atoms in total. The van der Waals surface area contributed by atoms with Crippen molar-refractivity contribution in [3.63, 3.8) is 0 Å². The van der Waals surface area contributed by atoms with Crippen LogP contribution in [0.15, 0.2) is 18.5 Å². The molecule has 2 aromatic rings. The fourth-order valence-electron chi connectivity index (χ4n) is 1.03. The molecule has 0 saturated carbocycles. The van der Waals surface area contributed by atoms with Crippen molar-refractivity contribution in [3.8, 4) is 0 Å². The minimum absolute atomic E-state index is 0.00325. The number of hydrogen-bond donors (Lipinski definition) is 2. The van der Waals surface area contributed by atoms with Gasteiger partial charge in [0.05, 0.1) is 18.4 Å². The van der Waals surface area contributed by atoms with Crippen molar-refractivity contribution >= 4 is 17.4 Å². The Kier molecular flexibility index (Phi) is 2.77. The second-order valence-corrected chi connectivity index (χ2v) is 3.11. The van der Waals surface area contributed by atoms with Gasteiger partial charge in [-0.1, -0.05) is 0 Å². The zero-order valence-electron chi connectivity index (χ0n) is 7.54. The van der Waals surface area contributed by atoms with E-state index in [4.69, 9.17) is 11.6 Å². The number of H-pyrrole nitrogens is 1. The molecule has 0 bridgehead atoms. The van der Waals surface area contributed by atoms with Gasteiger partial charge in [-0.25, -0.2) is 9.37 Å². The standard InChI is InChI=1S/C8H7ClFN5/c9-8-12-4-6(10)7(14-8)11-3-5-1-2-13-15-5/h1-2,4H,3H2,(H,13,15)(H,11,12,14). The largest absolute Gasteiger partial charge is 0.362 e. The van der Waals surface area contributed by atoms with Gasteiger partial charge in [0.2, 0.25) is 5.28 Å². The molecule has 0 fully saturated rings. The molecule has 0 radical (unpaired) electrons. The Morgan fingerprint density at radius 2 is 2.40 bits per heavy atom. The summed E-state index contributed by atoms with van der Waals surface area (Å²) in [6, 6.07) is 1.77. The summed E-state index contributed by atoms with van der Waals surface area (Å²) in [6.07, 6.45) is 2.63. The van der Waals surface area contributed by atoms with Crippen LogP contribution in [0.3, 0.4) is 0 Å². The second-order valence-electron chi connectivity index (χ2n) is 2.77. The summed E-state index contributed by atoms with van der Waals surface area (Å²) in [7, 11) is 0. The van der Waals surface area contributed by atoms with Crippen molar-refractivity contribution in [2.24, 2.45) is 0 Å². The molecular formula is C8H7ClFN5. The minimum atomic E-state index is -0.543. The normalized spacial score (nSPS) is 10.3. The minimum Gasteiger partial charge on any atom is -0.362 e. The first-order chi connectivity index (χ1) is 7.25. The molecule has 0 saturated heterocycles. The van der Waals surface area contributed by atoms with Crippen LogP contribution >= 0.6 is 11.6 Å². The third-order valence-electron chi connectivity index (χ3n) is 1.72. The highest BCUT2D eigenvalue weighted by molar-refractivity contribution is 6.28. The lowest BCUT2D eigenvalue weighted by Gasteiger charge is -2.04. The van der Waals surface area contributed by atoms with Crippen LogP contribution in [0.5, 0.6) is 0 Å². The van der Waals surface area contributed by atoms with Crippen molar-refractivity contribution in [2.45, 2.75) is 6.54 Å². The fraction of sp³-hybridized carbons (Fsp3) is 0.125. The van der Waals surface area contributed by atoms with E-state index in [1.54, 1.807) is 12.3 Å². The van der Waals surface area contributed by atoms with E-state index in [0.717, 1.165) is 11.9 Å². The van der Waals surface area contributed by atoms with E-state index in [-0.39, 0.29) is 11.1 Å². The molecule has 0 unspecified atom stereocenters. The van der Waals surface area contributed by atoms with Gasteiger partial charge >= 0.3 is 0 Å². The number of aromatic nitrogens is 4. The van der Waals surface area contributed by atoms with Gasteiger partial charge in [-0.05, 0) is 17.7 Å². The Balaban J connectivity index is 2.07. The molecule has 78 valence electrons. The van der Waals surface area contributed by atoms with E-state index in [0.29, 0.717) is 6.54 Å². The van der Waals surface area contributed by atoms with Crippen molar-refractivity contribution < 1.29 is 4.39 Å². The van der Waals surface area contributed by atoms with E-state index < -0.39 is 5.82 Å². The predicted molar refractivity (Wildman–Crippen MR) is 52.9 cm³/mol. The highest BCUT2D eigenvalue weighted by Crippen LogP contribution is 2.12. The zero-order chi connectivity index (χ0) is 10.7. The predicted octanol–water partition coefficient (Wildman–Crippen LogP) is 1.60. The third-order valence-corrected chi connectivity index (χ3v) is 1.90. The molecule has 2 heterocycles. The maximum Gasteiger partial charge on any atom is 0.224 e. The summed E-state index contributed by atoms with van der Waals surface area (Å²) in [6.45, 7) is 0.393. The van der Waals surface area contributed by atoms with E-state index in [1.807, 2.05) is 0 Å².